The molecule has 0 bridgehead atoms. The fourth-order valence-corrected chi connectivity index (χ4v) is 5.06. The van der Waals surface area contributed by atoms with Crippen LogP contribution in [0.4, 0.5) is 13.2 Å². The molecule has 0 amide bonds. The molecule has 0 N–H and O–H groups in total. The molecule has 0 atom stereocenters. The van der Waals surface area contributed by atoms with Crippen LogP contribution in [0, 0.1) is 6.92 Å². The van der Waals surface area contributed by atoms with E-state index in [0.29, 0.717) is 49.1 Å². The van der Waals surface area contributed by atoms with Crippen LogP contribution in [-0.4, -0.2) is 34.3 Å². The molecule has 5 aromatic heterocycles. The molecule has 0 fully saturated rings. The number of hydrogen-bond donors (Lipinski definition) is 0. The summed E-state index contributed by atoms with van der Waals surface area (Å²) in [5.74, 6) is 0.991. The predicted molar refractivity (Wildman–Crippen MR) is 125 cm³/mol. The fourth-order valence-electron chi connectivity index (χ4n) is 3.76. The first-order valence-corrected chi connectivity index (χ1v) is 11.4. The number of benzene rings is 1. The third-order valence-corrected chi connectivity index (χ3v) is 6.69. The molecule has 0 aliphatic carbocycles. The molecule has 5 heterocycles. The second-order valence-corrected chi connectivity index (χ2v) is 9.11. The Balaban J connectivity index is 1.41. The van der Waals surface area contributed by atoms with Crippen LogP contribution in [0.25, 0.3) is 37.6 Å². The van der Waals surface area contributed by atoms with Gasteiger partial charge in [0.05, 0.1) is 5.52 Å². The van der Waals surface area contributed by atoms with Crippen LogP contribution in [0.15, 0.2) is 48.9 Å². The van der Waals surface area contributed by atoms with Crippen molar-refractivity contribution < 1.29 is 17.9 Å². The van der Waals surface area contributed by atoms with Gasteiger partial charge in [0, 0.05) is 16.6 Å². The monoisotopic (exact) mass is 515 g/mol. The summed E-state index contributed by atoms with van der Waals surface area (Å²) in [5, 5.41) is 9.96. The number of hydrogen-bond acceptors (Lipinski definition) is 7. The molecule has 0 spiro atoms. The van der Waals surface area contributed by atoms with Gasteiger partial charge in [0.1, 0.15) is 33.0 Å². The van der Waals surface area contributed by atoms with Gasteiger partial charge in [0.25, 0.3) is 0 Å². The van der Waals surface area contributed by atoms with Crippen molar-refractivity contribution in [2.75, 3.05) is 0 Å². The maximum atomic E-state index is 13.3. The van der Waals surface area contributed by atoms with Crippen molar-refractivity contribution in [3.8, 4) is 17.3 Å². The topological polar surface area (TPSA) is 83.0 Å². The van der Waals surface area contributed by atoms with E-state index in [2.05, 4.69) is 25.1 Å². The van der Waals surface area contributed by atoms with Gasteiger partial charge in [-0.2, -0.15) is 18.3 Å². The molecule has 13 heteroatoms. The number of thiophene rings is 1. The molecule has 8 nitrogen and oxygen atoms in total. The summed E-state index contributed by atoms with van der Waals surface area (Å²) in [6.45, 7) is 1.73. The lowest BCUT2D eigenvalue weighted by Gasteiger charge is -2.08. The van der Waals surface area contributed by atoms with Gasteiger partial charge in [-0.3, -0.25) is 0 Å². The maximum absolute atomic E-state index is 13.3. The first kappa shape index (κ1) is 21.7. The van der Waals surface area contributed by atoms with E-state index in [4.69, 9.17) is 16.3 Å². The Hall–Kier alpha value is -3.77. The van der Waals surface area contributed by atoms with Gasteiger partial charge >= 0.3 is 6.18 Å². The highest BCUT2D eigenvalue weighted by Gasteiger charge is 2.33. The Morgan fingerprint density at radius 1 is 1.11 bits per heavy atom. The molecular formula is C22H13ClF3N7OS. The zero-order valence-corrected chi connectivity index (χ0v) is 19.4. The quantitative estimate of drug-likeness (QED) is 0.296. The Morgan fingerprint density at radius 2 is 1.91 bits per heavy atom. The molecule has 1 aromatic carbocycles. The first-order valence-electron chi connectivity index (χ1n) is 10.2. The first-order chi connectivity index (χ1) is 16.8. The normalized spacial score (nSPS) is 12.3. The number of aromatic nitrogens is 7. The highest BCUT2D eigenvalue weighted by atomic mass is 35.5. The van der Waals surface area contributed by atoms with Crippen LogP contribution in [-0.2, 0) is 12.9 Å². The molecule has 0 aliphatic rings. The average molecular weight is 516 g/mol. The Bertz CT molecular complexity index is 1720. The Kier molecular flexibility index (Phi) is 4.90. The zero-order valence-electron chi connectivity index (χ0n) is 17.8. The molecule has 6 rings (SSSR count). The van der Waals surface area contributed by atoms with E-state index in [0.717, 1.165) is 17.4 Å². The summed E-state index contributed by atoms with van der Waals surface area (Å²) in [6.07, 6.45) is -1.44. The number of rotatable bonds is 4. The van der Waals surface area contributed by atoms with E-state index in [9.17, 15) is 13.2 Å². The summed E-state index contributed by atoms with van der Waals surface area (Å²) in [5.41, 5.74) is 1.12. The number of nitrogens with zero attached hydrogens (tertiary/aromatic N) is 7. The van der Waals surface area contributed by atoms with Gasteiger partial charge in [0.15, 0.2) is 12.4 Å². The lowest BCUT2D eigenvalue weighted by Crippen LogP contribution is -2.08. The largest absolute Gasteiger partial charge is 0.471 e. The van der Waals surface area contributed by atoms with E-state index in [1.807, 2.05) is 0 Å². The minimum atomic E-state index is -4.54. The average Bonchev–Trinajstić information content (AvgIpc) is 3.53. The van der Waals surface area contributed by atoms with Crippen molar-refractivity contribution in [3.05, 3.63) is 65.2 Å². The van der Waals surface area contributed by atoms with Crippen LogP contribution in [0.3, 0.4) is 0 Å². The number of alkyl halides is 3. The smallest absolute Gasteiger partial charge is 0.433 e. The molecule has 0 aliphatic heterocycles. The third-order valence-electron chi connectivity index (χ3n) is 5.37. The Morgan fingerprint density at radius 3 is 2.69 bits per heavy atom. The van der Waals surface area contributed by atoms with Crippen molar-refractivity contribution in [1.82, 2.24) is 34.3 Å². The molecule has 6 aromatic rings. The SMILES string of the molecule is Cc1cc(C(F)(F)F)nc2sc3c(ncn4nc(-c5ccnn5COc5ccc(Cl)cc5)nc34)c12. The minimum absolute atomic E-state index is 0.111. The van der Waals surface area contributed by atoms with E-state index >= 15 is 0 Å². The van der Waals surface area contributed by atoms with Gasteiger partial charge < -0.3 is 4.74 Å². The standard InChI is InChI=1S/C22H13ClF3N7OS/c1-11-8-15(22(24,25)26)29-21-16(11)17-18(35-21)20-30-19(31-32(20)9-27-17)14-6-7-28-33(14)10-34-13-4-2-12(23)3-5-13/h2-9H,10H2,1H3. The second-order valence-electron chi connectivity index (χ2n) is 7.67. The van der Waals surface area contributed by atoms with E-state index in [1.54, 1.807) is 48.1 Å². The Labute approximate surface area is 203 Å². The molecule has 0 unspecified atom stereocenters. The molecule has 176 valence electrons. The van der Waals surface area contributed by atoms with Crippen molar-refractivity contribution in [2.45, 2.75) is 19.8 Å². The van der Waals surface area contributed by atoms with Crippen LogP contribution in [0.2, 0.25) is 5.02 Å². The van der Waals surface area contributed by atoms with Gasteiger partial charge in [0.2, 0.25) is 5.82 Å². The van der Waals surface area contributed by atoms with Gasteiger partial charge in [-0.15, -0.1) is 16.4 Å². The highest BCUT2D eigenvalue weighted by Crippen LogP contribution is 2.38. The van der Waals surface area contributed by atoms with Crippen molar-refractivity contribution in [3.63, 3.8) is 0 Å². The highest BCUT2D eigenvalue weighted by molar-refractivity contribution is 7.26. The van der Waals surface area contributed by atoms with Crippen molar-refractivity contribution in [2.24, 2.45) is 0 Å². The van der Waals surface area contributed by atoms with Crippen LogP contribution < -0.4 is 4.74 Å². The zero-order chi connectivity index (χ0) is 24.3. The van der Waals surface area contributed by atoms with Gasteiger partial charge in [-0.1, -0.05) is 11.6 Å². The number of pyridine rings is 1. The predicted octanol–water partition coefficient (Wildman–Crippen LogP) is 5.77. The van der Waals surface area contributed by atoms with Crippen LogP contribution in [0.5, 0.6) is 5.75 Å². The lowest BCUT2D eigenvalue weighted by atomic mass is 10.1. The molecule has 0 saturated heterocycles. The summed E-state index contributed by atoms with van der Waals surface area (Å²) >= 11 is 7.01. The second kappa shape index (κ2) is 7.89. The minimum Gasteiger partial charge on any atom is -0.471 e. The number of ether oxygens (including phenoxy) is 1. The molecule has 0 saturated carbocycles. The van der Waals surface area contributed by atoms with Crippen LogP contribution in [0.1, 0.15) is 11.3 Å². The number of fused-ring (bicyclic) bond motifs is 5. The maximum Gasteiger partial charge on any atom is 0.433 e. The van der Waals surface area contributed by atoms with E-state index < -0.39 is 11.9 Å². The summed E-state index contributed by atoms with van der Waals surface area (Å²) in [7, 11) is 0. The lowest BCUT2D eigenvalue weighted by molar-refractivity contribution is -0.141. The van der Waals surface area contributed by atoms with Crippen molar-refractivity contribution >= 4 is 49.0 Å². The van der Waals surface area contributed by atoms with Gasteiger partial charge in [-0.05, 0) is 48.9 Å². The summed E-state index contributed by atoms with van der Waals surface area (Å²) in [4.78, 5) is 13.2. The third kappa shape index (κ3) is 3.74. The van der Waals surface area contributed by atoms with Crippen LogP contribution >= 0.6 is 22.9 Å². The fraction of sp³-hybridized carbons (Fsp3) is 0.136. The van der Waals surface area contributed by atoms with Gasteiger partial charge in [-0.25, -0.2) is 24.1 Å². The molecular weight excluding hydrogens is 503 g/mol. The number of aryl methyl sites for hydroxylation is 1. The summed E-state index contributed by atoms with van der Waals surface area (Å²) in [6, 6.07) is 9.73. The summed E-state index contributed by atoms with van der Waals surface area (Å²) < 4.78 is 49.3. The molecule has 35 heavy (non-hydrogen) atoms. The van der Waals surface area contributed by atoms with E-state index in [1.165, 1.54) is 10.8 Å². The molecule has 0 radical (unpaired) electrons. The number of halogens is 4. The van der Waals surface area contributed by atoms with E-state index in [-0.39, 0.29) is 11.6 Å². The van der Waals surface area contributed by atoms with Crippen molar-refractivity contribution in [1.29, 1.82) is 0 Å².